The molecular weight excluding hydrogens is 388 g/mol. The number of carbonyl (C=O) groups is 1. The number of hydrogen-bond donors (Lipinski definition) is 2. The normalized spacial score (nSPS) is 52.0. The second kappa shape index (κ2) is 7.53. The first-order valence-corrected chi connectivity index (χ1v) is 13.2. The summed E-state index contributed by atoms with van der Waals surface area (Å²) in [5, 5.41) is 21.9. The molecule has 0 aromatic heterocycles. The van der Waals surface area contributed by atoms with E-state index in [0.29, 0.717) is 30.3 Å². The predicted molar refractivity (Wildman–Crippen MR) is 120 cm³/mol. The van der Waals surface area contributed by atoms with Crippen LogP contribution in [0.2, 0.25) is 0 Å². The highest BCUT2D eigenvalue weighted by molar-refractivity contribution is 5.94. The van der Waals surface area contributed by atoms with E-state index < -0.39 is 23.2 Å². The van der Waals surface area contributed by atoms with E-state index in [1.54, 1.807) is 0 Å². The van der Waals surface area contributed by atoms with Crippen LogP contribution in [-0.4, -0.2) is 40.4 Å². The van der Waals surface area contributed by atoms with Crippen molar-refractivity contribution in [3.63, 3.8) is 0 Å². The van der Waals surface area contributed by atoms with Gasteiger partial charge in [0, 0.05) is 11.8 Å². The average Bonchev–Trinajstić information content (AvgIpc) is 3.07. The lowest BCUT2D eigenvalue weighted by Gasteiger charge is -2.68. The summed E-state index contributed by atoms with van der Waals surface area (Å²) in [4.78, 5) is 13.6. The molecule has 2 aliphatic heterocycles. The first-order valence-electron chi connectivity index (χ1n) is 13.2. The number of carbonyl (C=O) groups excluding carboxylic acids is 1. The van der Waals surface area contributed by atoms with Crippen molar-refractivity contribution >= 4 is 5.78 Å². The molecule has 0 aromatic rings. The van der Waals surface area contributed by atoms with Crippen LogP contribution in [0.1, 0.15) is 91.9 Å². The highest BCUT2D eigenvalue weighted by Gasteiger charge is 2.75. The molecule has 31 heavy (non-hydrogen) atoms. The van der Waals surface area contributed by atoms with E-state index in [1.807, 2.05) is 0 Å². The maximum atomic E-state index is 13.6. The van der Waals surface area contributed by atoms with Gasteiger partial charge < -0.3 is 14.9 Å². The molecule has 4 heteroatoms. The third-order valence-electron chi connectivity index (χ3n) is 11.1. The minimum atomic E-state index is -1.37. The largest absolute Gasteiger partial charge is 0.393 e. The van der Waals surface area contributed by atoms with E-state index >= 15 is 0 Å². The van der Waals surface area contributed by atoms with Gasteiger partial charge in [0.1, 0.15) is 11.7 Å². The van der Waals surface area contributed by atoms with Crippen molar-refractivity contribution in [2.24, 2.45) is 46.3 Å². The standard InChI is InChI=1S/C27H44O4/c1-16(2)6-5-7-17(3)19-8-9-20-22-21(11-12-25(19,20)4)26-13-10-18(28)14-27(26,30)24(29)23(22)31-15-26/h16-23,28,30H,5-15H2,1-4H3/t17-,18+,19-,20+,21+,22+,23-,25-,26?,27+/m1/s1. The summed E-state index contributed by atoms with van der Waals surface area (Å²) >= 11 is 0. The Bertz CT molecular complexity index is 720. The molecule has 6 aliphatic rings. The molecule has 6 rings (SSSR count). The van der Waals surface area contributed by atoms with Gasteiger partial charge in [-0.05, 0) is 79.4 Å². The second-order valence-electron chi connectivity index (χ2n) is 12.8. The lowest BCUT2D eigenvalue weighted by atomic mass is 9.40. The smallest absolute Gasteiger partial charge is 0.194 e. The zero-order valence-electron chi connectivity index (χ0n) is 20.1. The lowest BCUT2D eigenvalue weighted by molar-refractivity contribution is -0.295. The molecule has 0 radical (unpaired) electrons. The number of aliphatic hydroxyl groups is 2. The van der Waals surface area contributed by atoms with E-state index in [-0.39, 0.29) is 18.1 Å². The van der Waals surface area contributed by atoms with Gasteiger partial charge in [-0.1, -0.05) is 47.0 Å². The van der Waals surface area contributed by atoms with E-state index in [4.69, 9.17) is 4.74 Å². The van der Waals surface area contributed by atoms with Crippen molar-refractivity contribution < 1.29 is 19.7 Å². The molecule has 176 valence electrons. The third kappa shape index (κ3) is 2.99. The molecule has 2 bridgehead atoms. The number of ketones is 1. The van der Waals surface area contributed by atoms with Crippen LogP contribution >= 0.6 is 0 Å². The van der Waals surface area contributed by atoms with E-state index in [9.17, 15) is 15.0 Å². The average molecular weight is 433 g/mol. The Labute approximate surface area is 188 Å². The molecule has 1 unspecified atom stereocenters. The van der Waals surface area contributed by atoms with Crippen molar-refractivity contribution in [1.82, 2.24) is 0 Å². The van der Waals surface area contributed by atoms with Crippen LogP contribution < -0.4 is 0 Å². The first kappa shape index (κ1) is 22.3. The molecular formula is C27H44O4. The molecule has 2 N–H and O–H groups in total. The van der Waals surface area contributed by atoms with Gasteiger partial charge in [-0.15, -0.1) is 0 Å². The molecule has 2 saturated heterocycles. The maximum Gasteiger partial charge on any atom is 0.194 e. The molecule has 0 amide bonds. The lowest BCUT2D eigenvalue weighted by Crippen LogP contribution is -2.77. The second-order valence-corrected chi connectivity index (χ2v) is 12.8. The Hall–Kier alpha value is -0.450. The summed E-state index contributed by atoms with van der Waals surface area (Å²) in [5.41, 5.74) is -1.54. The molecule has 0 aromatic carbocycles. The summed E-state index contributed by atoms with van der Waals surface area (Å²) < 4.78 is 6.27. The Balaban J connectivity index is 1.40. The van der Waals surface area contributed by atoms with Crippen LogP contribution in [0.3, 0.4) is 0 Å². The Morgan fingerprint density at radius 3 is 2.58 bits per heavy atom. The number of Topliss-reactive ketones (excluding diaryl/α,β-unsaturated/α-hetero) is 1. The third-order valence-corrected chi connectivity index (χ3v) is 11.1. The van der Waals surface area contributed by atoms with Crippen LogP contribution in [0.5, 0.6) is 0 Å². The van der Waals surface area contributed by atoms with Gasteiger partial charge in [0.15, 0.2) is 5.78 Å². The fraction of sp³-hybridized carbons (Fsp3) is 0.963. The number of rotatable bonds is 5. The SMILES string of the molecule is CC(C)CCC[C@@H](C)[C@H]1CC[C@H]2[C@@H]3[C@H]4OCC5(CC[C@H](O)C[C@]5(O)C4=O)[C@H]3CC[C@]12C. The Morgan fingerprint density at radius 1 is 1.06 bits per heavy atom. The van der Waals surface area contributed by atoms with Crippen molar-refractivity contribution in [1.29, 1.82) is 0 Å². The predicted octanol–water partition coefficient (Wildman–Crippen LogP) is 4.75. The minimum absolute atomic E-state index is 0.101. The van der Waals surface area contributed by atoms with Gasteiger partial charge in [0.05, 0.1) is 12.7 Å². The highest BCUT2D eigenvalue weighted by atomic mass is 16.5. The molecule has 4 aliphatic carbocycles. The maximum absolute atomic E-state index is 13.6. The summed E-state index contributed by atoms with van der Waals surface area (Å²) in [5.74, 6) is 3.33. The number of fused-ring (bicyclic) bond motifs is 2. The van der Waals surface area contributed by atoms with Crippen LogP contribution in [0, 0.1) is 46.3 Å². The number of aliphatic hydroxyl groups excluding tert-OH is 1. The fourth-order valence-corrected chi connectivity index (χ4v) is 9.54. The van der Waals surface area contributed by atoms with Gasteiger partial charge in [0.25, 0.3) is 0 Å². The molecule has 6 fully saturated rings. The van der Waals surface area contributed by atoms with Crippen LogP contribution in [0.25, 0.3) is 0 Å². The summed E-state index contributed by atoms with van der Waals surface area (Å²) in [6, 6.07) is 0. The fourth-order valence-electron chi connectivity index (χ4n) is 9.54. The zero-order chi connectivity index (χ0) is 22.2. The van der Waals surface area contributed by atoms with E-state index in [1.165, 1.54) is 38.5 Å². The van der Waals surface area contributed by atoms with Crippen molar-refractivity contribution in [2.75, 3.05) is 6.61 Å². The molecule has 10 atom stereocenters. The molecule has 4 nitrogen and oxygen atoms in total. The van der Waals surface area contributed by atoms with E-state index in [2.05, 4.69) is 27.7 Å². The summed E-state index contributed by atoms with van der Waals surface area (Å²) in [6.45, 7) is 10.1. The van der Waals surface area contributed by atoms with Gasteiger partial charge in [0.2, 0.25) is 0 Å². The summed E-state index contributed by atoms with van der Waals surface area (Å²) in [6.07, 6.45) is 9.39. The number of ether oxygens (including phenoxy) is 1. The number of hydrogen-bond acceptors (Lipinski definition) is 4. The van der Waals surface area contributed by atoms with Gasteiger partial charge in [-0.25, -0.2) is 0 Å². The molecule has 4 saturated carbocycles. The van der Waals surface area contributed by atoms with Crippen molar-refractivity contribution in [3.8, 4) is 0 Å². The first-order chi connectivity index (χ1) is 14.6. The van der Waals surface area contributed by atoms with Crippen molar-refractivity contribution in [3.05, 3.63) is 0 Å². The minimum Gasteiger partial charge on any atom is -0.393 e. The van der Waals surface area contributed by atoms with Crippen molar-refractivity contribution in [2.45, 2.75) is 110 Å². The zero-order valence-corrected chi connectivity index (χ0v) is 20.1. The Kier molecular flexibility index (Phi) is 5.43. The quantitative estimate of drug-likeness (QED) is 0.658. The Morgan fingerprint density at radius 2 is 1.84 bits per heavy atom. The molecule has 2 heterocycles. The topological polar surface area (TPSA) is 66.8 Å². The highest BCUT2D eigenvalue weighted by Crippen LogP contribution is 2.70. The summed E-state index contributed by atoms with van der Waals surface area (Å²) in [7, 11) is 0. The monoisotopic (exact) mass is 432 g/mol. The van der Waals surface area contributed by atoms with E-state index in [0.717, 1.165) is 30.6 Å². The van der Waals surface area contributed by atoms with Gasteiger partial charge in [-0.3, -0.25) is 4.79 Å². The van der Waals surface area contributed by atoms with Gasteiger partial charge in [-0.2, -0.15) is 0 Å². The van der Waals surface area contributed by atoms with Gasteiger partial charge >= 0.3 is 0 Å². The van der Waals surface area contributed by atoms with Crippen LogP contribution in [0.15, 0.2) is 0 Å². The van der Waals surface area contributed by atoms with Crippen LogP contribution in [-0.2, 0) is 9.53 Å². The molecule has 1 spiro atoms. The van der Waals surface area contributed by atoms with Crippen LogP contribution in [0.4, 0.5) is 0 Å².